The van der Waals surface area contributed by atoms with Crippen molar-refractivity contribution in [3.8, 4) is 11.5 Å². The Morgan fingerprint density at radius 2 is 2.03 bits per heavy atom. The molecule has 0 radical (unpaired) electrons. The zero-order valence-electron chi connectivity index (χ0n) is 18.6. The van der Waals surface area contributed by atoms with Gasteiger partial charge in [-0.15, -0.1) is 0 Å². The number of thioether (sulfide) groups is 1. The molecule has 0 saturated carbocycles. The van der Waals surface area contributed by atoms with Gasteiger partial charge in [0, 0.05) is 5.39 Å². The van der Waals surface area contributed by atoms with Crippen LogP contribution in [0, 0.1) is 0 Å². The van der Waals surface area contributed by atoms with E-state index in [0.29, 0.717) is 34.5 Å². The van der Waals surface area contributed by atoms with E-state index in [9.17, 15) is 9.59 Å². The summed E-state index contributed by atoms with van der Waals surface area (Å²) in [4.78, 5) is 34.0. The predicted molar refractivity (Wildman–Crippen MR) is 129 cm³/mol. The van der Waals surface area contributed by atoms with Gasteiger partial charge in [-0.05, 0) is 42.7 Å². The molecule has 2 heterocycles. The zero-order valence-corrected chi connectivity index (χ0v) is 19.4. The lowest BCUT2D eigenvalue weighted by Crippen LogP contribution is -2.36. The molecule has 9 nitrogen and oxygen atoms in total. The van der Waals surface area contributed by atoms with E-state index in [1.165, 1.54) is 20.4 Å². The summed E-state index contributed by atoms with van der Waals surface area (Å²) in [5.74, 6) is 1.94. The van der Waals surface area contributed by atoms with E-state index in [2.05, 4.69) is 20.4 Å². The quantitative estimate of drug-likeness (QED) is 0.389. The molecule has 2 aromatic heterocycles. The minimum atomic E-state index is -0.428. The van der Waals surface area contributed by atoms with Gasteiger partial charge in [-0.25, -0.2) is 9.67 Å². The standard InChI is InChI=1S/C23H25N5O4S/c1-31-18-9-8-14-12-24-28(23(30)20(14)21(18)32-2)13-19(29)25-17(10-11-33-3)22-26-15-6-4-5-7-16(15)27-22/h4-9,12,17H,10-11,13H2,1-3H3,(H,25,29)(H,26,27). The zero-order chi connectivity index (χ0) is 23.4. The number of carbonyl (C=O) groups is 1. The van der Waals surface area contributed by atoms with E-state index in [0.717, 1.165) is 21.5 Å². The highest BCUT2D eigenvalue weighted by Crippen LogP contribution is 2.32. The number of para-hydroxylation sites is 2. The minimum Gasteiger partial charge on any atom is -0.493 e. The fraction of sp³-hybridized carbons (Fsp3) is 0.304. The Labute approximate surface area is 194 Å². The van der Waals surface area contributed by atoms with Crippen LogP contribution in [0.5, 0.6) is 11.5 Å². The molecule has 0 aliphatic rings. The number of ether oxygens (including phenoxy) is 2. The SMILES string of the molecule is COc1ccc2cnn(CC(=O)NC(CCSC)c3nc4ccccc4[nH]3)c(=O)c2c1OC. The molecule has 0 bridgehead atoms. The van der Waals surface area contributed by atoms with Gasteiger partial charge in [-0.1, -0.05) is 12.1 Å². The Hall–Kier alpha value is -3.53. The maximum atomic E-state index is 13.1. The highest BCUT2D eigenvalue weighted by molar-refractivity contribution is 7.98. The maximum Gasteiger partial charge on any atom is 0.279 e. The molecule has 4 rings (SSSR count). The summed E-state index contributed by atoms with van der Waals surface area (Å²) in [6.45, 7) is -0.231. The van der Waals surface area contributed by atoms with E-state index in [1.807, 2.05) is 30.5 Å². The number of carbonyl (C=O) groups excluding carboxylic acids is 1. The molecule has 10 heteroatoms. The van der Waals surface area contributed by atoms with Gasteiger partial charge in [0.15, 0.2) is 11.5 Å². The van der Waals surface area contributed by atoms with Crippen LogP contribution in [-0.2, 0) is 11.3 Å². The molecule has 0 aliphatic heterocycles. The Kier molecular flexibility index (Phi) is 6.83. The van der Waals surface area contributed by atoms with E-state index < -0.39 is 5.56 Å². The van der Waals surface area contributed by atoms with Crippen molar-refractivity contribution in [2.45, 2.75) is 19.0 Å². The van der Waals surface area contributed by atoms with Crippen molar-refractivity contribution >= 4 is 39.5 Å². The van der Waals surface area contributed by atoms with Crippen molar-refractivity contribution in [2.24, 2.45) is 0 Å². The summed E-state index contributed by atoms with van der Waals surface area (Å²) < 4.78 is 11.8. The predicted octanol–water partition coefficient (Wildman–Crippen LogP) is 2.90. The second-order valence-electron chi connectivity index (χ2n) is 7.41. The molecule has 4 aromatic rings. The molecule has 2 N–H and O–H groups in total. The van der Waals surface area contributed by atoms with Crippen LogP contribution >= 0.6 is 11.8 Å². The van der Waals surface area contributed by atoms with Crippen LogP contribution in [0.2, 0.25) is 0 Å². The number of H-pyrrole nitrogens is 1. The van der Waals surface area contributed by atoms with E-state index in [1.54, 1.807) is 23.9 Å². The van der Waals surface area contributed by atoms with Gasteiger partial charge in [-0.2, -0.15) is 16.9 Å². The second-order valence-corrected chi connectivity index (χ2v) is 8.40. The lowest BCUT2D eigenvalue weighted by molar-refractivity contribution is -0.122. The van der Waals surface area contributed by atoms with Crippen molar-refractivity contribution in [3.63, 3.8) is 0 Å². The van der Waals surface area contributed by atoms with E-state index in [4.69, 9.17) is 9.47 Å². The average molecular weight is 468 g/mol. The first-order valence-corrected chi connectivity index (χ1v) is 11.8. The van der Waals surface area contributed by atoms with Crippen molar-refractivity contribution in [2.75, 3.05) is 26.2 Å². The van der Waals surface area contributed by atoms with Crippen LogP contribution in [0.4, 0.5) is 0 Å². The third-order valence-electron chi connectivity index (χ3n) is 5.34. The summed E-state index contributed by atoms with van der Waals surface area (Å²) in [5.41, 5.74) is 1.32. The lowest BCUT2D eigenvalue weighted by Gasteiger charge is -2.17. The first-order chi connectivity index (χ1) is 16.0. The molecule has 0 aliphatic carbocycles. The summed E-state index contributed by atoms with van der Waals surface area (Å²) in [6, 6.07) is 10.8. The number of methoxy groups -OCH3 is 2. The number of aromatic amines is 1. The maximum absolute atomic E-state index is 13.1. The van der Waals surface area contributed by atoms with Gasteiger partial charge in [-0.3, -0.25) is 9.59 Å². The van der Waals surface area contributed by atoms with Crippen LogP contribution in [0.15, 0.2) is 47.4 Å². The fourth-order valence-corrected chi connectivity index (χ4v) is 4.19. The van der Waals surface area contributed by atoms with Crippen LogP contribution in [0.3, 0.4) is 0 Å². The number of imidazole rings is 1. The van der Waals surface area contributed by atoms with Gasteiger partial charge in [0.1, 0.15) is 12.4 Å². The van der Waals surface area contributed by atoms with Crippen LogP contribution in [-0.4, -0.2) is 51.9 Å². The highest BCUT2D eigenvalue weighted by Gasteiger charge is 2.20. The average Bonchev–Trinajstić information content (AvgIpc) is 3.27. The lowest BCUT2D eigenvalue weighted by atomic mass is 10.1. The van der Waals surface area contributed by atoms with Crippen molar-refractivity contribution in [1.29, 1.82) is 0 Å². The number of rotatable bonds is 9. The first-order valence-electron chi connectivity index (χ1n) is 10.4. The van der Waals surface area contributed by atoms with Crippen molar-refractivity contribution < 1.29 is 14.3 Å². The van der Waals surface area contributed by atoms with Gasteiger partial charge in [0.2, 0.25) is 5.91 Å². The number of aromatic nitrogens is 4. The van der Waals surface area contributed by atoms with Gasteiger partial charge in [0.05, 0.1) is 42.9 Å². The molecule has 0 spiro atoms. The molecule has 172 valence electrons. The number of fused-ring (bicyclic) bond motifs is 2. The van der Waals surface area contributed by atoms with Crippen LogP contribution < -0.4 is 20.3 Å². The number of benzene rings is 2. The number of nitrogens with one attached hydrogen (secondary N) is 2. The minimum absolute atomic E-state index is 0.231. The molecule has 2 aromatic carbocycles. The fourth-order valence-electron chi connectivity index (χ4n) is 3.72. The highest BCUT2D eigenvalue weighted by atomic mass is 32.2. The number of hydrogen-bond donors (Lipinski definition) is 2. The summed E-state index contributed by atoms with van der Waals surface area (Å²) >= 11 is 1.69. The number of amides is 1. The molecule has 33 heavy (non-hydrogen) atoms. The smallest absolute Gasteiger partial charge is 0.279 e. The molecule has 1 amide bonds. The van der Waals surface area contributed by atoms with E-state index in [-0.39, 0.29) is 18.5 Å². The van der Waals surface area contributed by atoms with Gasteiger partial charge in [0.25, 0.3) is 5.56 Å². The Morgan fingerprint density at radius 1 is 1.21 bits per heavy atom. The van der Waals surface area contributed by atoms with E-state index >= 15 is 0 Å². The van der Waals surface area contributed by atoms with Crippen LogP contribution in [0.1, 0.15) is 18.3 Å². The van der Waals surface area contributed by atoms with Gasteiger partial charge < -0.3 is 19.8 Å². The Balaban J connectivity index is 1.60. The largest absolute Gasteiger partial charge is 0.493 e. The normalized spacial score (nSPS) is 12.1. The monoisotopic (exact) mass is 467 g/mol. The summed E-state index contributed by atoms with van der Waals surface area (Å²) in [7, 11) is 2.97. The molecular formula is C23H25N5O4S. The summed E-state index contributed by atoms with van der Waals surface area (Å²) in [6.07, 6.45) is 4.24. The Bertz CT molecular complexity index is 1320. The molecular weight excluding hydrogens is 442 g/mol. The molecule has 0 fully saturated rings. The van der Waals surface area contributed by atoms with Crippen molar-refractivity contribution in [3.05, 3.63) is 58.8 Å². The topological polar surface area (TPSA) is 111 Å². The molecule has 1 atom stereocenters. The summed E-state index contributed by atoms with van der Waals surface area (Å²) in [5, 5.41) is 8.10. The third-order valence-corrected chi connectivity index (χ3v) is 5.98. The second kappa shape index (κ2) is 9.95. The van der Waals surface area contributed by atoms with Gasteiger partial charge >= 0.3 is 0 Å². The first kappa shape index (κ1) is 22.7. The number of hydrogen-bond acceptors (Lipinski definition) is 7. The molecule has 0 saturated heterocycles. The number of nitrogens with zero attached hydrogens (tertiary/aromatic N) is 3. The third kappa shape index (κ3) is 4.65. The Morgan fingerprint density at radius 3 is 2.76 bits per heavy atom. The van der Waals surface area contributed by atoms with Crippen molar-refractivity contribution in [1.82, 2.24) is 25.1 Å². The molecule has 1 unspecified atom stereocenters. The van der Waals surface area contributed by atoms with Crippen LogP contribution in [0.25, 0.3) is 21.8 Å².